The highest BCUT2D eigenvalue weighted by Gasteiger charge is 2.29. The molecular formula is C12H10ClNO2. The molecule has 2 aromatic rings. The van der Waals surface area contributed by atoms with E-state index in [1.54, 1.807) is 12.1 Å². The van der Waals surface area contributed by atoms with Gasteiger partial charge in [0.2, 0.25) is 0 Å². The minimum Gasteiger partial charge on any atom is -0.477 e. The van der Waals surface area contributed by atoms with E-state index in [1.807, 2.05) is 16.7 Å². The predicted octanol–water partition coefficient (Wildman–Crippen LogP) is 3.33. The van der Waals surface area contributed by atoms with Crippen LogP contribution in [0.4, 0.5) is 0 Å². The van der Waals surface area contributed by atoms with Crippen LogP contribution in [0.25, 0.3) is 10.9 Å². The molecule has 0 atom stereocenters. The molecule has 0 radical (unpaired) electrons. The highest BCUT2D eigenvalue weighted by atomic mass is 35.5. The van der Waals surface area contributed by atoms with E-state index in [0.29, 0.717) is 16.8 Å². The molecule has 1 aromatic heterocycles. The van der Waals surface area contributed by atoms with Gasteiger partial charge in [0.15, 0.2) is 0 Å². The summed E-state index contributed by atoms with van der Waals surface area (Å²) in [5, 5.41) is 10.7. The lowest BCUT2D eigenvalue weighted by atomic mass is 10.2. The Hall–Kier alpha value is -1.48. The monoisotopic (exact) mass is 235 g/mol. The van der Waals surface area contributed by atoms with Gasteiger partial charge in [0, 0.05) is 16.5 Å². The molecule has 0 aliphatic heterocycles. The van der Waals surface area contributed by atoms with Gasteiger partial charge >= 0.3 is 5.97 Å². The summed E-state index contributed by atoms with van der Waals surface area (Å²) in [5.41, 5.74) is 1.28. The predicted molar refractivity (Wildman–Crippen MR) is 62.2 cm³/mol. The van der Waals surface area contributed by atoms with E-state index in [9.17, 15) is 4.79 Å². The summed E-state index contributed by atoms with van der Waals surface area (Å²) in [5.74, 6) is -0.876. The number of aromatic carboxylic acids is 1. The van der Waals surface area contributed by atoms with Crippen LogP contribution in [-0.2, 0) is 0 Å². The second-order valence-corrected chi connectivity index (χ2v) is 4.58. The van der Waals surface area contributed by atoms with E-state index in [4.69, 9.17) is 16.7 Å². The highest BCUT2D eigenvalue weighted by molar-refractivity contribution is 6.31. The zero-order valence-electron chi connectivity index (χ0n) is 8.48. The third kappa shape index (κ3) is 1.39. The number of benzene rings is 1. The zero-order chi connectivity index (χ0) is 11.3. The third-order valence-corrected chi connectivity index (χ3v) is 3.17. The first kappa shape index (κ1) is 9.73. The molecule has 1 fully saturated rings. The molecule has 0 spiro atoms. The molecule has 0 amide bonds. The van der Waals surface area contributed by atoms with Crippen LogP contribution in [0.1, 0.15) is 29.4 Å². The summed E-state index contributed by atoms with van der Waals surface area (Å²) in [6, 6.07) is 7.53. The number of carboxylic acid groups (broad SMARTS) is 1. The van der Waals surface area contributed by atoms with Crippen LogP contribution < -0.4 is 0 Å². The Kier molecular flexibility index (Phi) is 1.98. The van der Waals surface area contributed by atoms with E-state index < -0.39 is 5.97 Å². The van der Waals surface area contributed by atoms with Crippen molar-refractivity contribution < 1.29 is 9.90 Å². The van der Waals surface area contributed by atoms with E-state index in [0.717, 1.165) is 23.7 Å². The Balaban J connectivity index is 2.33. The van der Waals surface area contributed by atoms with Crippen LogP contribution in [0.2, 0.25) is 5.02 Å². The summed E-state index contributed by atoms with van der Waals surface area (Å²) < 4.78 is 1.89. The molecule has 1 aromatic carbocycles. The number of carboxylic acids is 1. The zero-order valence-corrected chi connectivity index (χ0v) is 9.24. The molecule has 0 bridgehead atoms. The van der Waals surface area contributed by atoms with Crippen molar-refractivity contribution in [2.75, 3.05) is 0 Å². The van der Waals surface area contributed by atoms with Gasteiger partial charge in [-0.1, -0.05) is 17.7 Å². The van der Waals surface area contributed by atoms with Crippen molar-refractivity contribution in [3.05, 3.63) is 35.0 Å². The quantitative estimate of drug-likeness (QED) is 0.868. The molecule has 3 nitrogen and oxygen atoms in total. The van der Waals surface area contributed by atoms with Crippen molar-refractivity contribution in [3.8, 4) is 0 Å². The van der Waals surface area contributed by atoms with Gasteiger partial charge in [-0.25, -0.2) is 4.79 Å². The molecule has 1 aliphatic rings. The van der Waals surface area contributed by atoms with Gasteiger partial charge in [0.1, 0.15) is 5.69 Å². The molecule has 3 rings (SSSR count). The lowest BCUT2D eigenvalue weighted by Gasteiger charge is -2.05. The van der Waals surface area contributed by atoms with Gasteiger partial charge in [0.05, 0.1) is 5.52 Å². The molecular weight excluding hydrogens is 226 g/mol. The minimum atomic E-state index is -0.876. The average molecular weight is 236 g/mol. The first-order valence-electron chi connectivity index (χ1n) is 5.20. The molecule has 16 heavy (non-hydrogen) atoms. The lowest BCUT2D eigenvalue weighted by molar-refractivity contribution is 0.0685. The number of halogens is 1. The van der Waals surface area contributed by atoms with Crippen LogP contribution >= 0.6 is 11.6 Å². The summed E-state index contributed by atoms with van der Waals surface area (Å²) >= 11 is 5.94. The Bertz CT molecular complexity index is 584. The van der Waals surface area contributed by atoms with Crippen molar-refractivity contribution in [2.24, 2.45) is 0 Å². The fourth-order valence-corrected chi connectivity index (χ4v) is 2.25. The fourth-order valence-electron chi connectivity index (χ4n) is 2.09. The number of rotatable bonds is 2. The topological polar surface area (TPSA) is 42.2 Å². The fraction of sp³-hybridized carbons (Fsp3) is 0.250. The Morgan fingerprint density at radius 2 is 2.12 bits per heavy atom. The molecule has 1 N–H and O–H groups in total. The number of carbonyl (C=O) groups is 1. The summed E-state index contributed by atoms with van der Waals surface area (Å²) in [6.45, 7) is 0. The number of hydrogen-bond donors (Lipinski definition) is 1. The van der Waals surface area contributed by atoms with Crippen molar-refractivity contribution in [1.29, 1.82) is 0 Å². The van der Waals surface area contributed by atoms with Crippen LogP contribution in [0.3, 0.4) is 0 Å². The van der Waals surface area contributed by atoms with Crippen molar-refractivity contribution in [1.82, 2.24) is 4.57 Å². The molecule has 0 unspecified atom stereocenters. The van der Waals surface area contributed by atoms with Gasteiger partial charge in [-0.2, -0.15) is 0 Å². The molecule has 1 heterocycles. The van der Waals surface area contributed by atoms with Gasteiger partial charge in [-0.3, -0.25) is 0 Å². The second kappa shape index (κ2) is 3.25. The van der Waals surface area contributed by atoms with Crippen molar-refractivity contribution >= 4 is 28.5 Å². The Labute approximate surface area is 97.2 Å². The maximum Gasteiger partial charge on any atom is 0.352 e. The SMILES string of the molecule is O=C(O)c1cc2ccc(Cl)cc2n1C1CC1. The third-order valence-electron chi connectivity index (χ3n) is 2.93. The van der Waals surface area contributed by atoms with Crippen LogP contribution in [-0.4, -0.2) is 15.6 Å². The number of nitrogens with zero attached hydrogens (tertiary/aromatic N) is 1. The normalized spacial score (nSPS) is 15.6. The van der Waals surface area contributed by atoms with Crippen LogP contribution in [0, 0.1) is 0 Å². The largest absolute Gasteiger partial charge is 0.477 e. The number of hydrogen-bond acceptors (Lipinski definition) is 1. The Morgan fingerprint density at radius 1 is 1.38 bits per heavy atom. The minimum absolute atomic E-state index is 0.335. The summed E-state index contributed by atoms with van der Waals surface area (Å²) in [4.78, 5) is 11.2. The van der Waals surface area contributed by atoms with E-state index in [1.165, 1.54) is 0 Å². The maximum atomic E-state index is 11.2. The van der Waals surface area contributed by atoms with E-state index >= 15 is 0 Å². The standard InChI is InChI=1S/C12H10ClNO2/c13-8-2-1-7-5-11(12(15)16)14(9-3-4-9)10(7)6-8/h1-2,5-6,9H,3-4H2,(H,15,16). The molecule has 1 aliphatic carbocycles. The van der Waals surface area contributed by atoms with E-state index in [2.05, 4.69) is 0 Å². The number of fused-ring (bicyclic) bond motifs is 1. The van der Waals surface area contributed by atoms with Gasteiger partial charge in [-0.15, -0.1) is 0 Å². The summed E-state index contributed by atoms with van der Waals surface area (Å²) in [7, 11) is 0. The molecule has 4 heteroatoms. The van der Waals surface area contributed by atoms with Gasteiger partial charge in [-0.05, 0) is 31.0 Å². The van der Waals surface area contributed by atoms with E-state index in [-0.39, 0.29) is 0 Å². The first-order chi connectivity index (χ1) is 7.66. The van der Waals surface area contributed by atoms with Crippen LogP contribution in [0.5, 0.6) is 0 Å². The average Bonchev–Trinajstić information content (AvgIpc) is 2.99. The van der Waals surface area contributed by atoms with Crippen molar-refractivity contribution in [3.63, 3.8) is 0 Å². The first-order valence-corrected chi connectivity index (χ1v) is 5.58. The second-order valence-electron chi connectivity index (χ2n) is 4.14. The number of aromatic nitrogens is 1. The highest BCUT2D eigenvalue weighted by Crippen LogP contribution is 2.40. The van der Waals surface area contributed by atoms with Crippen LogP contribution in [0.15, 0.2) is 24.3 Å². The molecule has 1 saturated carbocycles. The van der Waals surface area contributed by atoms with Gasteiger partial charge < -0.3 is 9.67 Å². The Morgan fingerprint density at radius 3 is 2.75 bits per heavy atom. The smallest absolute Gasteiger partial charge is 0.352 e. The van der Waals surface area contributed by atoms with Crippen molar-refractivity contribution in [2.45, 2.75) is 18.9 Å². The maximum absolute atomic E-state index is 11.2. The lowest BCUT2D eigenvalue weighted by Crippen LogP contribution is -2.06. The summed E-state index contributed by atoms with van der Waals surface area (Å²) in [6.07, 6.45) is 2.10. The molecule has 0 saturated heterocycles. The van der Waals surface area contributed by atoms with Gasteiger partial charge in [0.25, 0.3) is 0 Å². The molecule has 82 valence electrons.